The lowest BCUT2D eigenvalue weighted by atomic mass is 9.64. The number of fused-ring (bicyclic) bond motifs is 4. The number of rotatable bonds is 13. The van der Waals surface area contributed by atoms with Crippen LogP contribution >= 0.6 is 0 Å². The number of cyclic esters (lactones) is 1. The molecule has 7 atom stereocenters. The minimum absolute atomic E-state index is 0.0611. The second kappa shape index (κ2) is 21.2. The predicted octanol–water partition coefficient (Wildman–Crippen LogP) is 5.97. The summed E-state index contributed by atoms with van der Waals surface area (Å²) in [5, 5.41) is 22.7. The van der Waals surface area contributed by atoms with E-state index in [0.717, 1.165) is 16.0 Å². The van der Waals surface area contributed by atoms with Crippen LogP contribution in [0.2, 0.25) is 0 Å². The van der Waals surface area contributed by atoms with Crippen molar-refractivity contribution in [2.75, 3.05) is 52.6 Å². The molecule has 0 aromatic heterocycles. The van der Waals surface area contributed by atoms with Crippen LogP contribution in [0.15, 0.2) is 115 Å². The van der Waals surface area contributed by atoms with Gasteiger partial charge in [0.05, 0.1) is 58.2 Å². The molecule has 2 fully saturated rings. The zero-order chi connectivity index (χ0) is 51.6. The summed E-state index contributed by atoms with van der Waals surface area (Å²) in [5.41, 5.74) is 1.92. The lowest BCUT2D eigenvalue weighted by Gasteiger charge is -2.46. The molecule has 5 aromatic carbocycles. The summed E-state index contributed by atoms with van der Waals surface area (Å²) < 4.78 is 29.4. The molecule has 4 aliphatic heterocycles. The Bertz CT molecular complexity index is 2970. The SMILES string of the molecule is COC(=O)C(NC(=O)N1C(=O)C2(c3cc(C#CCCO)ccc31)C(C(=O)N1CCc3cc(OC)c(OC)cc3C1)C1C(=O)OC(c3ccccc3)C(c3ccccc3)N1C2c1ccccc1OCCO)C(C)C. The quantitative estimate of drug-likeness (QED) is 0.0925. The van der Waals surface area contributed by atoms with Crippen LogP contribution in [0, 0.1) is 23.7 Å². The van der Waals surface area contributed by atoms with Gasteiger partial charge in [-0.25, -0.2) is 14.5 Å². The smallest absolute Gasteiger partial charge is 0.329 e. The van der Waals surface area contributed by atoms with Crippen molar-refractivity contribution >= 4 is 35.5 Å². The van der Waals surface area contributed by atoms with Gasteiger partial charge in [0, 0.05) is 30.6 Å². The average Bonchev–Trinajstić information content (AvgIpc) is 3.87. The molecular formula is C57H58N4O12. The van der Waals surface area contributed by atoms with Crippen molar-refractivity contribution in [2.45, 2.75) is 68.9 Å². The van der Waals surface area contributed by atoms with Gasteiger partial charge in [0.1, 0.15) is 36.0 Å². The number of aliphatic hydroxyl groups is 2. The molecule has 16 nitrogen and oxygen atoms in total. The molecule has 73 heavy (non-hydrogen) atoms. The van der Waals surface area contributed by atoms with E-state index in [-0.39, 0.29) is 56.3 Å². The highest BCUT2D eigenvalue weighted by Crippen LogP contribution is 2.67. The van der Waals surface area contributed by atoms with E-state index in [9.17, 15) is 15.0 Å². The molecule has 4 amide bonds. The summed E-state index contributed by atoms with van der Waals surface area (Å²) in [5.74, 6) is 2.26. The van der Waals surface area contributed by atoms with Crippen molar-refractivity contribution in [3.63, 3.8) is 0 Å². The number of carbonyl (C=O) groups excluding carboxylic acids is 5. The number of amides is 4. The van der Waals surface area contributed by atoms with E-state index in [1.165, 1.54) is 14.2 Å². The van der Waals surface area contributed by atoms with E-state index in [0.29, 0.717) is 40.2 Å². The first-order valence-corrected chi connectivity index (χ1v) is 24.3. The maximum absolute atomic E-state index is 16.9. The first-order chi connectivity index (χ1) is 35.4. The Balaban J connectivity index is 1.38. The largest absolute Gasteiger partial charge is 0.493 e. The summed E-state index contributed by atoms with van der Waals surface area (Å²) in [7, 11) is 4.28. The molecule has 4 aliphatic rings. The molecule has 1 spiro atoms. The first-order valence-electron chi connectivity index (χ1n) is 24.3. The Hall–Kier alpha value is -7.71. The van der Waals surface area contributed by atoms with Crippen molar-refractivity contribution in [2.24, 2.45) is 11.8 Å². The van der Waals surface area contributed by atoms with E-state index < -0.39 is 77.3 Å². The molecule has 3 N–H and O–H groups in total. The number of carbonyl (C=O) groups is 5. The van der Waals surface area contributed by atoms with Gasteiger partial charge in [-0.15, -0.1) is 0 Å². The molecule has 0 bridgehead atoms. The van der Waals surface area contributed by atoms with Crippen LogP contribution in [0.25, 0.3) is 0 Å². The van der Waals surface area contributed by atoms with E-state index in [1.807, 2.05) is 77.7 Å². The number of aliphatic hydroxyl groups excluding tert-OH is 2. The molecule has 4 heterocycles. The van der Waals surface area contributed by atoms with Crippen molar-refractivity contribution in [3.8, 4) is 29.1 Å². The number of methoxy groups -OCH3 is 3. The Morgan fingerprint density at radius 3 is 2.14 bits per heavy atom. The molecular weight excluding hydrogens is 933 g/mol. The van der Waals surface area contributed by atoms with Gasteiger partial charge in [-0.3, -0.25) is 19.3 Å². The number of hydrogen-bond donors (Lipinski definition) is 3. The van der Waals surface area contributed by atoms with Gasteiger partial charge in [-0.1, -0.05) is 105 Å². The van der Waals surface area contributed by atoms with E-state index in [2.05, 4.69) is 17.2 Å². The number of nitrogens with one attached hydrogen (secondary N) is 1. The van der Waals surface area contributed by atoms with Gasteiger partial charge < -0.3 is 44.1 Å². The zero-order valence-electron chi connectivity index (χ0n) is 41.3. The highest BCUT2D eigenvalue weighted by atomic mass is 16.6. The molecule has 7 unspecified atom stereocenters. The molecule has 0 saturated carbocycles. The fraction of sp³-hybridized carbons (Fsp3) is 0.351. The third-order valence-electron chi connectivity index (χ3n) is 14.4. The van der Waals surface area contributed by atoms with Gasteiger partial charge in [0.25, 0.3) is 0 Å². The molecule has 0 radical (unpaired) electrons. The van der Waals surface area contributed by atoms with Gasteiger partial charge in [0.15, 0.2) is 11.5 Å². The lowest BCUT2D eigenvalue weighted by Crippen LogP contribution is -2.58. The Labute approximate surface area is 423 Å². The van der Waals surface area contributed by atoms with Crippen LogP contribution < -0.4 is 24.4 Å². The van der Waals surface area contributed by atoms with Gasteiger partial charge in [0.2, 0.25) is 11.8 Å². The molecule has 0 aliphatic carbocycles. The average molecular weight is 991 g/mol. The topological polar surface area (TPSA) is 194 Å². The number of nitrogens with zero attached hydrogens (tertiary/aromatic N) is 3. The van der Waals surface area contributed by atoms with Gasteiger partial charge >= 0.3 is 18.0 Å². The Kier molecular flexibility index (Phi) is 14.6. The molecule has 9 rings (SSSR count). The van der Waals surface area contributed by atoms with Crippen molar-refractivity contribution in [1.29, 1.82) is 0 Å². The highest BCUT2D eigenvalue weighted by Gasteiger charge is 2.76. The Morgan fingerprint density at radius 1 is 0.808 bits per heavy atom. The number of urea groups is 1. The van der Waals surface area contributed by atoms with Gasteiger partial charge in [-0.2, -0.15) is 0 Å². The summed E-state index contributed by atoms with van der Waals surface area (Å²) in [6.07, 6.45) is -0.473. The predicted molar refractivity (Wildman–Crippen MR) is 267 cm³/mol. The minimum Gasteiger partial charge on any atom is -0.493 e. The summed E-state index contributed by atoms with van der Waals surface area (Å²) >= 11 is 0. The maximum atomic E-state index is 16.9. The Morgan fingerprint density at radius 2 is 1.48 bits per heavy atom. The van der Waals surface area contributed by atoms with Crippen LogP contribution in [-0.2, 0) is 47.0 Å². The molecule has 378 valence electrons. The molecule has 2 saturated heterocycles. The van der Waals surface area contributed by atoms with Crippen LogP contribution in [0.5, 0.6) is 17.2 Å². The van der Waals surface area contributed by atoms with Gasteiger partial charge in [-0.05, 0) is 76.6 Å². The zero-order valence-corrected chi connectivity index (χ0v) is 41.3. The summed E-state index contributed by atoms with van der Waals surface area (Å²) in [6, 6.07) is 28.4. The fourth-order valence-electron chi connectivity index (χ4n) is 11.2. The number of benzene rings is 5. The van der Waals surface area contributed by atoms with Crippen molar-refractivity contribution in [3.05, 3.63) is 154 Å². The maximum Gasteiger partial charge on any atom is 0.329 e. The number of ether oxygens (including phenoxy) is 5. The van der Waals surface area contributed by atoms with E-state index in [4.69, 9.17) is 23.7 Å². The first kappa shape index (κ1) is 50.2. The number of hydrogen-bond acceptors (Lipinski definition) is 13. The monoisotopic (exact) mass is 990 g/mol. The number of anilines is 1. The van der Waals surface area contributed by atoms with Crippen LogP contribution in [0.4, 0.5) is 10.5 Å². The number of imide groups is 1. The van der Waals surface area contributed by atoms with E-state index >= 15 is 19.2 Å². The van der Waals surface area contributed by atoms with Crippen LogP contribution in [0.3, 0.4) is 0 Å². The summed E-state index contributed by atoms with van der Waals surface area (Å²) in [6.45, 7) is 2.98. The number of morpholine rings is 1. The minimum atomic E-state index is -2.18. The lowest BCUT2D eigenvalue weighted by molar-refractivity contribution is -0.179. The second-order valence-corrected chi connectivity index (χ2v) is 18.7. The normalized spacial score (nSPS) is 22.3. The second-order valence-electron chi connectivity index (χ2n) is 18.7. The third-order valence-corrected chi connectivity index (χ3v) is 14.4. The van der Waals surface area contributed by atoms with Crippen molar-refractivity contribution in [1.82, 2.24) is 15.1 Å². The van der Waals surface area contributed by atoms with Crippen LogP contribution in [0.1, 0.15) is 77.4 Å². The number of esters is 2. The fourth-order valence-corrected chi connectivity index (χ4v) is 11.2. The molecule has 5 aromatic rings. The van der Waals surface area contributed by atoms with Crippen molar-refractivity contribution < 1.29 is 57.9 Å². The summed E-state index contributed by atoms with van der Waals surface area (Å²) in [4.78, 5) is 82.3. The standard InChI is InChI=1S/C57H58N4O12/c1-34(2)47(53(65)71-5)58-56(68)60-42-24-23-35(16-14-15-27-62)30-41(42)57(55(60)67)46(52(64)59-26-25-38-31-44(69-3)45(70-4)32-39(38)33-59)49-54(66)73-50(37-19-10-7-11-20-37)48(36-17-8-6-9-18-36)61(49)51(57)40-21-12-13-22-43(40)72-29-28-63/h6-13,17-24,30-32,34,46-51,62-63H,15,25-29,33H2,1-5H3,(H,58,68). The van der Waals surface area contributed by atoms with E-state index in [1.54, 1.807) is 68.3 Å². The third kappa shape index (κ3) is 8.81. The number of para-hydroxylation sites is 1. The van der Waals surface area contributed by atoms with Crippen LogP contribution in [-0.4, -0.2) is 110 Å². The molecule has 16 heteroatoms. The highest BCUT2D eigenvalue weighted by molar-refractivity contribution is 6.25.